The third kappa shape index (κ3) is 1.85. The fourth-order valence-electron chi connectivity index (χ4n) is 1.76. The largest absolute Gasteiger partial charge is 0.393 e. The summed E-state index contributed by atoms with van der Waals surface area (Å²) in [5.41, 5.74) is 0.613. The molecule has 1 unspecified atom stereocenters. The summed E-state index contributed by atoms with van der Waals surface area (Å²) in [6, 6.07) is 3.50. The number of carbonyl (C=O) groups is 1. The van der Waals surface area contributed by atoms with Crippen molar-refractivity contribution in [1.82, 2.24) is 4.98 Å². The molecule has 1 N–H and O–H groups in total. The second kappa shape index (κ2) is 3.98. The van der Waals surface area contributed by atoms with Gasteiger partial charge in [0, 0.05) is 25.2 Å². The lowest BCUT2D eigenvalue weighted by Crippen LogP contribution is -2.51. The molecule has 80 valence electrons. The van der Waals surface area contributed by atoms with Crippen molar-refractivity contribution in [2.75, 3.05) is 18.0 Å². The molecule has 0 amide bonds. The van der Waals surface area contributed by atoms with Gasteiger partial charge in [0.2, 0.25) is 0 Å². The number of aliphatic hydroxyl groups excluding tert-OH is 1. The van der Waals surface area contributed by atoms with Crippen LogP contribution in [0.1, 0.15) is 17.3 Å². The molecule has 0 saturated carbocycles. The van der Waals surface area contributed by atoms with E-state index < -0.39 is 0 Å². The molecule has 4 heteroatoms. The van der Waals surface area contributed by atoms with Crippen LogP contribution in [0, 0.1) is 5.92 Å². The van der Waals surface area contributed by atoms with E-state index >= 15 is 0 Å². The fourth-order valence-corrected chi connectivity index (χ4v) is 1.76. The molecule has 2 heterocycles. The van der Waals surface area contributed by atoms with E-state index in [-0.39, 0.29) is 6.10 Å². The smallest absolute Gasteiger partial charge is 0.153 e. The fraction of sp³-hybridized carbons (Fsp3) is 0.455. The number of hydrogen-bond acceptors (Lipinski definition) is 4. The van der Waals surface area contributed by atoms with Gasteiger partial charge in [-0.05, 0) is 19.1 Å². The molecule has 4 nitrogen and oxygen atoms in total. The lowest BCUT2D eigenvalue weighted by Gasteiger charge is -2.42. The first-order chi connectivity index (χ1) is 7.22. The van der Waals surface area contributed by atoms with E-state index in [2.05, 4.69) is 4.98 Å². The second-order valence-corrected chi connectivity index (χ2v) is 3.94. The molecule has 0 spiro atoms. The molecule has 0 bridgehead atoms. The Morgan fingerprint density at radius 3 is 3.00 bits per heavy atom. The minimum absolute atomic E-state index is 0.287. The number of anilines is 1. The van der Waals surface area contributed by atoms with E-state index in [1.165, 1.54) is 0 Å². The Kier molecular flexibility index (Phi) is 2.68. The average Bonchev–Trinajstić information content (AvgIpc) is 2.15. The summed E-state index contributed by atoms with van der Waals surface area (Å²) in [4.78, 5) is 17.0. The van der Waals surface area contributed by atoms with Gasteiger partial charge >= 0.3 is 0 Å². The van der Waals surface area contributed by atoms with Gasteiger partial charge in [-0.1, -0.05) is 0 Å². The van der Waals surface area contributed by atoms with Gasteiger partial charge in [-0.3, -0.25) is 4.79 Å². The van der Waals surface area contributed by atoms with E-state index in [0.29, 0.717) is 11.5 Å². The van der Waals surface area contributed by atoms with Crippen molar-refractivity contribution in [2.24, 2.45) is 5.92 Å². The number of nitrogens with zero attached hydrogens (tertiary/aromatic N) is 2. The Hall–Kier alpha value is -1.42. The number of aldehydes is 1. The summed E-state index contributed by atoms with van der Waals surface area (Å²) in [6.07, 6.45) is 2.21. The normalized spacial score (nSPS) is 18.4. The van der Waals surface area contributed by atoms with Crippen LogP contribution in [-0.4, -0.2) is 35.6 Å². The SMILES string of the molecule is CC(O)C1CN(c2ncccc2C=O)C1. The van der Waals surface area contributed by atoms with Crippen LogP contribution in [0.4, 0.5) is 5.82 Å². The average molecular weight is 206 g/mol. The molecule has 0 aliphatic carbocycles. The van der Waals surface area contributed by atoms with Gasteiger partial charge in [-0.25, -0.2) is 4.98 Å². The third-order valence-corrected chi connectivity index (χ3v) is 2.84. The number of pyridine rings is 1. The van der Waals surface area contributed by atoms with Crippen molar-refractivity contribution in [3.05, 3.63) is 23.9 Å². The summed E-state index contributed by atoms with van der Waals surface area (Å²) in [5, 5.41) is 9.35. The standard InChI is InChI=1S/C11H14N2O2/c1-8(15)10-5-13(6-10)11-9(7-14)3-2-4-12-11/h2-4,7-8,10,15H,5-6H2,1H3. The Morgan fingerprint density at radius 1 is 1.67 bits per heavy atom. The van der Waals surface area contributed by atoms with E-state index in [1.807, 2.05) is 4.90 Å². The molecule has 1 aromatic heterocycles. The lowest BCUT2D eigenvalue weighted by molar-refractivity contribution is 0.107. The van der Waals surface area contributed by atoms with Gasteiger partial charge in [0.15, 0.2) is 6.29 Å². The van der Waals surface area contributed by atoms with Gasteiger partial charge in [-0.2, -0.15) is 0 Å². The zero-order valence-corrected chi connectivity index (χ0v) is 8.63. The summed E-state index contributed by atoms with van der Waals surface area (Å²) in [7, 11) is 0. The molecule has 1 aliphatic rings. The Bertz CT molecular complexity index is 359. The highest BCUT2D eigenvalue weighted by molar-refractivity contribution is 5.82. The van der Waals surface area contributed by atoms with Gasteiger partial charge < -0.3 is 10.0 Å². The molecular weight excluding hydrogens is 192 g/mol. The molecule has 0 radical (unpaired) electrons. The molecule has 2 rings (SSSR count). The Labute approximate surface area is 88.6 Å². The first-order valence-corrected chi connectivity index (χ1v) is 5.05. The molecule has 0 aromatic carbocycles. The van der Waals surface area contributed by atoms with Crippen molar-refractivity contribution in [3.63, 3.8) is 0 Å². The van der Waals surface area contributed by atoms with Crippen molar-refractivity contribution < 1.29 is 9.90 Å². The van der Waals surface area contributed by atoms with Crippen LogP contribution >= 0.6 is 0 Å². The van der Waals surface area contributed by atoms with Crippen LogP contribution in [-0.2, 0) is 0 Å². The highest BCUT2D eigenvalue weighted by Crippen LogP contribution is 2.26. The van der Waals surface area contributed by atoms with Gasteiger partial charge in [-0.15, -0.1) is 0 Å². The van der Waals surface area contributed by atoms with Crippen LogP contribution in [0.15, 0.2) is 18.3 Å². The molecule has 1 aromatic rings. The summed E-state index contributed by atoms with van der Waals surface area (Å²) >= 11 is 0. The molecular formula is C11H14N2O2. The zero-order valence-electron chi connectivity index (χ0n) is 8.63. The first-order valence-electron chi connectivity index (χ1n) is 5.05. The number of aromatic nitrogens is 1. The topological polar surface area (TPSA) is 53.4 Å². The minimum Gasteiger partial charge on any atom is -0.393 e. The van der Waals surface area contributed by atoms with Crippen molar-refractivity contribution in [1.29, 1.82) is 0 Å². The van der Waals surface area contributed by atoms with Crippen LogP contribution in [0.2, 0.25) is 0 Å². The summed E-state index contributed by atoms with van der Waals surface area (Å²) in [5.74, 6) is 1.02. The number of hydrogen-bond donors (Lipinski definition) is 1. The van der Waals surface area contributed by atoms with Crippen LogP contribution < -0.4 is 4.90 Å². The van der Waals surface area contributed by atoms with Crippen molar-refractivity contribution in [3.8, 4) is 0 Å². The van der Waals surface area contributed by atoms with Crippen molar-refractivity contribution >= 4 is 12.1 Å². The second-order valence-electron chi connectivity index (χ2n) is 3.94. The molecule has 1 aliphatic heterocycles. The number of carbonyl (C=O) groups excluding carboxylic acids is 1. The van der Waals surface area contributed by atoms with Gasteiger partial charge in [0.1, 0.15) is 5.82 Å². The van der Waals surface area contributed by atoms with Crippen molar-refractivity contribution in [2.45, 2.75) is 13.0 Å². The first kappa shape index (κ1) is 10.1. The molecule has 15 heavy (non-hydrogen) atoms. The quantitative estimate of drug-likeness (QED) is 0.740. The van der Waals surface area contributed by atoms with E-state index in [0.717, 1.165) is 25.2 Å². The maximum atomic E-state index is 10.8. The van der Waals surface area contributed by atoms with Gasteiger partial charge in [0.05, 0.1) is 11.7 Å². The van der Waals surface area contributed by atoms with E-state index in [9.17, 15) is 9.90 Å². The number of aliphatic hydroxyl groups is 1. The predicted octanol–water partition coefficient (Wildman–Crippen LogP) is 0.711. The minimum atomic E-state index is -0.287. The van der Waals surface area contributed by atoms with Crippen LogP contribution in [0.25, 0.3) is 0 Å². The number of rotatable bonds is 3. The molecule has 1 atom stereocenters. The maximum absolute atomic E-state index is 10.8. The predicted molar refractivity (Wildman–Crippen MR) is 57.0 cm³/mol. The van der Waals surface area contributed by atoms with Gasteiger partial charge in [0.25, 0.3) is 0 Å². The monoisotopic (exact) mass is 206 g/mol. The maximum Gasteiger partial charge on any atom is 0.153 e. The summed E-state index contributed by atoms with van der Waals surface area (Å²) in [6.45, 7) is 3.34. The van der Waals surface area contributed by atoms with Crippen LogP contribution in [0.5, 0.6) is 0 Å². The third-order valence-electron chi connectivity index (χ3n) is 2.84. The summed E-state index contributed by atoms with van der Waals surface area (Å²) < 4.78 is 0. The lowest BCUT2D eigenvalue weighted by atomic mass is 9.94. The van der Waals surface area contributed by atoms with Crippen LogP contribution in [0.3, 0.4) is 0 Å². The molecule has 1 saturated heterocycles. The highest BCUT2D eigenvalue weighted by Gasteiger charge is 2.31. The Morgan fingerprint density at radius 2 is 2.40 bits per heavy atom. The Balaban J connectivity index is 2.09. The van der Waals surface area contributed by atoms with E-state index in [1.54, 1.807) is 25.3 Å². The highest BCUT2D eigenvalue weighted by atomic mass is 16.3. The van der Waals surface area contributed by atoms with E-state index in [4.69, 9.17) is 0 Å². The molecule has 1 fully saturated rings. The zero-order chi connectivity index (χ0) is 10.8.